The third-order valence-electron chi connectivity index (χ3n) is 3.73. The Morgan fingerprint density at radius 2 is 1.81 bits per heavy atom. The van der Waals surface area contributed by atoms with Crippen LogP contribution in [0.5, 0.6) is 11.5 Å². The van der Waals surface area contributed by atoms with Crippen LogP contribution in [-0.2, 0) is 6.61 Å². The fourth-order valence-corrected chi connectivity index (χ4v) is 2.37. The van der Waals surface area contributed by atoms with Gasteiger partial charge in [-0.2, -0.15) is 5.26 Å². The monoisotopic (exact) mass is 346 g/mol. The Morgan fingerprint density at radius 1 is 1.12 bits per heavy atom. The molecule has 0 aliphatic rings. The molecule has 6 heteroatoms. The summed E-state index contributed by atoms with van der Waals surface area (Å²) in [5.74, 6) is -1.22. The maximum absolute atomic E-state index is 11.0. The number of aromatic hydroxyl groups is 1. The quantitative estimate of drug-likeness (QED) is 0.731. The number of benzene rings is 2. The first-order valence-corrected chi connectivity index (χ1v) is 7.73. The molecule has 0 unspecified atom stereocenters. The molecule has 0 aliphatic carbocycles. The maximum atomic E-state index is 11.0. The number of carboxylic acid groups (broad SMARTS) is 1. The molecule has 0 fully saturated rings. The van der Waals surface area contributed by atoms with Crippen molar-refractivity contribution in [2.24, 2.45) is 0 Å². The van der Waals surface area contributed by atoms with Crippen molar-refractivity contribution in [3.05, 3.63) is 77.5 Å². The summed E-state index contributed by atoms with van der Waals surface area (Å²) in [7, 11) is 0. The molecular weight excluding hydrogens is 332 g/mol. The highest BCUT2D eigenvalue weighted by Gasteiger charge is 2.15. The molecule has 1 aromatic heterocycles. The zero-order valence-electron chi connectivity index (χ0n) is 13.6. The molecule has 0 bridgehead atoms. The Morgan fingerprint density at radius 3 is 2.42 bits per heavy atom. The van der Waals surface area contributed by atoms with Gasteiger partial charge >= 0.3 is 5.97 Å². The van der Waals surface area contributed by atoms with Crippen LogP contribution in [-0.4, -0.2) is 21.2 Å². The van der Waals surface area contributed by atoms with Crippen molar-refractivity contribution in [1.82, 2.24) is 4.98 Å². The van der Waals surface area contributed by atoms with E-state index in [9.17, 15) is 15.2 Å². The van der Waals surface area contributed by atoms with Crippen molar-refractivity contribution in [2.75, 3.05) is 0 Å². The van der Waals surface area contributed by atoms with Gasteiger partial charge in [0.25, 0.3) is 0 Å². The SMILES string of the molecule is N#Cc1nc(-c2ccc(C(=O)O)cc2)cc(OCc2ccccc2)c1O. The van der Waals surface area contributed by atoms with Gasteiger partial charge in [0.1, 0.15) is 12.7 Å². The van der Waals surface area contributed by atoms with Crippen molar-refractivity contribution >= 4 is 5.97 Å². The highest BCUT2D eigenvalue weighted by Crippen LogP contribution is 2.33. The number of rotatable bonds is 5. The van der Waals surface area contributed by atoms with E-state index in [0.29, 0.717) is 11.3 Å². The average molecular weight is 346 g/mol. The highest BCUT2D eigenvalue weighted by atomic mass is 16.5. The first kappa shape index (κ1) is 17.0. The normalized spacial score (nSPS) is 10.1. The number of nitrogens with zero attached hydrogens (tertiary/aromatic N) is 2. The van der Waals surface area contributed by atoms with E-state index in [4.69, 9.17) is 9.84 Å². The molecule has 6 nitrogen and oxygen atoms in total. The molecule has 0 saturated carbocycles. The van der Waals surface area contributed by atoms with Gasteiger partial charge in [0, 0.05) is 11.6 Å². The van der Waals surface area contributed by atoms with Crippen LogP contribution >= 0.6 is 0 Å². The van der Waals surface area contributed by atoms with E-state index in [0.717, 1.165) is 5.56 Å². The van der Waals surface area contributed by atoms with Crippen molar-refractivity contribution < 1.29 is 19.7 Å². The van der Waals surface area contributed by atoms with Crippen LogP contribution in [0, 0.1) is 11.3 Å². The summed E-state index contributed by atoms with van der Waals surface area (Å²) in [5.41, 5.74) is 1.91. The summed E-state index contributed by atoms with van der Waals surface area (Å²) in [4.78, 5) is 15.1. The lowest BCUT2D eigenvalue weighted by Gasteiger charge is -2.11. The summed E-state index contributed by atoms with van der Waals surface area (Å²) in [5, 5.41) is 28.4. The molecule has 0 saturated heterocycles. The maximum Gasteiger partial charge on any atom is 0.335 e. The Balaban J connectivity index is 1.94. The molecule has 0 spiro atoms. The van der Waals surface area contributed by atoms with E-state index >= 15 is 0 Å². The first-order chi connectivity index (χ1) is 12.6. The molecule has 26 heavy (non-hydrogen) atoms. The molecule has 128 valence electrons. The van der Waals surface area contributed by atoms with Gasteiger partial charge in [-0.25, -0.2) is 9.78 Å². The Bertz CT molecular complexity index is 977. The van der Waals surface area contributed by atoms with Crippen molar-refractivity contribution in [1.29, 1.82) is 5.26 Å². The molecule has 1 heterocycles. The van der Waals surface area contributed by atoms with Gasteiger partial charge in [-0.05, 0) is 17.7 Å². The minimum absolute atomic E-state index is 0.137. The van der Waals surface area contributed by atoms with Crippen LogP contribution in [0.2, 0.25) is 0 Å². The van der Waals surface area contributed by atoms with Gasteiger partial charge in [-0.1, -0.05) is 42.5 Å². The summed E-state index contributed by atoms with van der Waals surface area (Å²) < 4.78 is 5.65. The summed E-state index contributed by atoms with van der Waals surface area (Å²) in [6, 6.07) is 18.8. The summed E-state index contributed by atoms with van der Waals surface area (Å²) in [6.45, 7) is 0.223. The number of nitriles is 1. The summed E-state index contributed by atoms with van der Waals surface area (Å²) in [6.07, 6.45) is 0. The minimum Gasteiger partial charge on any atom is -0.502 e. The zero-order valence-corrected chi connectivity index (χ0v) is 13.6. The third kappa shape index (κ3) is 3.62. The van der Waals surface area contributed by atoms with E-state index in [-0.39, 0.29) is 29.4 Å². The van der Waals surface area contributed by atoms with Crippen molar-refractivity contribution in [3.63, 3.8) is 0 Å². The molecular formula is C20H14N2O4. The van der Waals surface area contributed by atoms with Gasteiger partial charge in [0.2, 0.25) is 0 Å². The second-order valence-corrected chi connectivity index (χ2v) is 5.47. The molecule has 3 aromatic rings. The Hall–Kier alpha value is -3.85. The second-order valence-electron chi connectivity index (χ2n) is 5.47. The van der Waals surface area contributed by atoms with E-state index in [2.05, 4.69) is 4.98 Å². The average Bonchev–Trinajstić information content (AvgIpc) is 2.68. The van der Waals surface area contributed by atoms with Gasteiger partial charge in [0.05, 0.1) is 11.3 Å². The molecule has 0 amide bonds. The van der Waals surface area contributed by atoms with Gasteiger partial charge < -0.3 is 14.9 Å². The number of carbonyl (C=O) groups is 1. The lowest BCUT2D eigenvalue weighted by Crippen LogP contribution is -1.99. The van der Waals surface area contributed by atoms with Crippen molar-refractivity contribution in [2.45, 2.75) is 6.61 Å². The minimum atomic E-state index is -1.03. The number of hydrogen-bond donors (Lipinski definition) is 2. The molecule has 2 N–H and O–H groups in total. The third-order valence-corrected chi connectivity index (χ3v) is 3.73. The predicted octanol–water partition coefficient (Wildman–Crippen LogP) is 3.60. The van der Waals surface area contributed by atoms with Crippen LogP contribution in [0.25, 0.3) is 11.3 Å². The predicted molar refractivity (Wildman–Crippen MR) is 93.8 cm³/mol. The topological polar surface area (TPSA) is 103 Å². The fourth-order valence-electron chi connectivity index (χ4n) is 2.37. The molecule has 0 atom stereocenters. The van der Waals surface area contributed by atoms with Crippen LogP contribution in [0.15, 0.2) is 60.7 Å². The smallest absolute Gasteiger partial charge is 0.335 e. The van der Waals surface area contributed by atoms with Crippen LogP contribution in [0.3, 0.4) is 0 Å². The van der Waals surface area contributed by atoms with E-state index in [1.165, 1.54) is 18.2 Å². The highest BCUT2D eigenvalue weighted by molar-refractivity contribution is 5.88. The molecule has 0 radical (unpaired) electrons. The number of hydrogen-bond acceptors (Lipinski definition) is 5. The lowest BCUT2D eigenvalue weighted by atomic mass is 10.1. The Kier molecular flexibility index (Phi) is 4.81. The van der Waals surface area contributed by atoms with Crippen LogP contribution < -0.4 is 4.74 Å². The standard InChI is InChI=1S/C20H14N2O4/c21-11-17-19(23)18(26-12-13-4-2-1-3-5-13)10-16(22-17)14-6-8-15(9-7-14)20(24)25/h1-10,23H,12H2,(H,24,25). The fraction of sp³-hybridized carbons (Fsp3) is 0.0500. The number of pyridine rings is 1. The van der Waals surface area contributed by atoms with E-state index in [1.54, 1.807) is 12.1 Å². The van der Waals surface area contributed by atoms with Crippen LogP contribution in [0.4, 0.5) is 0 Å². The van der Waals surface area contributed by atoms with E-state index in [1.807, 2.05) is 36.4 Å². The molecule has 3 rings (SSSR count). The van der Waals surface area contributed by atoms with Gasteiger partial charge in [0.15, 0.2) is 17.2 Å². The lowest BCUT2D eigenvalue weighted by molar-refractivity contribution is 0.0697. The number of aromatic carboxylic acids is 1. The largest absolute Gasteiger partial charge is 0.502 e. The van der Waals surface area contributed by atoms with Gasteiger partial charge in [-0.15, -0.1) is 0 Å². The number of aromatic nitrogens is 1. The second kappa shape index (κ2) is 7.36. The zero-order chi connectivity index (χ0) is 18.5. The van der Waals surface area contributed by atoms with Gasteiger partial charge in [-0.3, -0.25) is 0 Å². The van der Waals surface area contributed by atoms with Crippen molar-refractivity contribution in [3.8, 4) is 28.8 Å². The van der Waals surface area contributed by atoms with E-state index < -0.39 is 5.97 Å². The molecule has 2 aromatic carbocycles. The van der Waals surface area contributed by atoms with Crippen LogP contribution in [0.1, 0.15) is 21.6 Å². The Labute approximate surface area is 149 Å². The number of carboxylic acids is 1. The first-order valence-electron chi connectivity index (χ1n) is 7.73. The number of ether oxygens (including phenoxy) is 1. The summed E-state index contributed by atoms with van der Waals surface area (Å²) >= 11 is 0. The molecule has 0 aliphatic heterocycles.